The van der Waals surface area contributed by atoms with Crippen LogP contribution in [0.3, 0.4) is 0 Å². The Balaban J connectivity index is 1.97. The minimum atomic E-state index is -4.85. The Morgan fingerprint density at radius 2 is 1.80 bits per heavy atom. The summed E-state index contributed by atoms with van der Waals surface area (Å²) in [5.41, 5.74) is -0.951. The van der Waals surface area contributed by atoms with Crippen LogP contribution in [-0.2, 0) is 0 Å². The molecule has 1 heterocycles. The molecule has 0 aliphatic heterocycles. The van der Waals surface area contributed by atoms with Crippen molar-refractivity contribution in [1.82, 2.24) is 5.16 Å². The number of alkyl halides is 4. The summed E-state index contributed by atoms with van der Waals surface area (Å²) in [4.78, 5) is -1.19. The number of anilines is 1. The minimum absolute atomic E-state index is 0.0113. The van der Waals surface area contributed by atoms with E-state index in [1.165, 1.54) is 25.1 Å². The number of allylic oxidation sites excluding steroid dienone is 6. The molecular weight excluding hydrogens is 487 g/mol. The van der Waals surface area contributed by atoms with Gasteiger partial charge in [0.25, 0.3) is 0 Å². The molecule has 1 N–H and O–H groups in total. The molecule has 0 fully saturated rings. The largest absolute Gasteiger partial charge is 0.431 e. The molecule has 3 aromatic rings. The average molecular weight is 507 g/mol. The van der Waals surface area contributed by atoms with E-state index in [1.54, 1.807) is 43.3 Å². The zero-order valence-electron chi connectivity index (χ0n) is 18.7. The Morgan fingerprint density at radius 3 is 2.43 bits per heavy atom. The van der Waals surface area contributed by atoms with Crippen LogP contribution in [-0.4, -0.2) is 16.2 Å². The van der Waals surface area contributed by atoms with Gasteiger partial charge in [0.1, 0.15) is 23.0 Å². The Bertz CT molecular complexity index is 1340. The summed E-state index contributed by atoms with van der Waals surface area (Å²) < 4.78 is 76.5. The zero-order valence-corrected chi connectivity index (χ0v) is 19.4. The van der Waals surface area contributed by atoms with E-state index in [0.29, 0.717) is 5.56 Å². The van der Waals surface area contributed by atoms with Gasteiger partial charge in [-0.2, -0.15) is 13.2 Å². The van der Waals surface area contributed by atoms with Gasteiger partial charge < -0.3 is 9.84 Å². The molecule has 2 aromatic carbocycles. The minimum Gasteiger partial charge on any atom is -0.355 e. The fourth-order valence-electron chi connectivity index (χ4n) is 3.97. The summed E-state index contributed by atoms with van der Waals surface area (Å²) in [5, 5.41) is 6.24. The maximum absolute atomic E-state index is 15.0. The van der Waals surface area contributed by atoms with Crippen molar-refractivity contribution in [2.45, 2.75) is 31.3 Å². The van der Waals surface area contributed by atoms with E-state index in [2.05, 4.69) is 10.5 Å². The van der Waals surface area contributed by atoms with Gasteiger partial charge in [-0.05, 0) is 50.1 Å². The van der Waals surface area contributed by atoms with Gasteiger partial charge in [-0.25, -0.2) is 8.78 Å². The van der Waals surface area contributed by atoms with Gasteiger partial charge >= 0.3 is 6.18 Å². The first-order chi connectivity index (χ1) is 16.5. The Hall–Kier alpha value is -3.39. The fraction of sp³-hybridized carbons (Fsp3) is 0.192. The van der Waals surface area contributed by atoms with Crippen molar-refractivity contribution >= 4 is 28.4 Å². The molecule has 9 heteroatoms. The summed E-state index contributed by atoms with van der Waals surface area (Å²) in [7, 11) is 0. The van der Waals surface area contributed by atoms with Crippen LogP contribution in [0.2, 0.25) is 0 Å². The second-order valence-corrected chi connectivity index (χ2v) is 9.10. The third-order valence-electron chi connectivity index (χ3n) is 5.61. The first-order valence-electron chi connectivity index (χ1n) is 10.6. The molecule has 0 spiro atoms. The Kier molecular flexibility index (Phi) is 6.60. The topological polar surface area (TPSA) is 38.1 Å². The van der Waals surface area contributed by atoms with Crippen LogP contribution < -0.4 is 5.32 Å². The van der Waals surface area contributed by atoms with Gasteiger partial charge in [-0.1, -0.05) is 47.6 Å². The highest BCUT2D eigenvalue weighted by atomic mass is 35.5. The lowest BCUT2D eigenvalue weighted by atomic mass is 9.85. The van der Waals surface area contributed by atoms with Crippen LogP contribution in [0.15, 0.2) is 82.8 Å². The molecule has 1 aliphatic rings. The molecule has 182 valence electrons. The van der Waals surface area contributed by atoms with Crippen LogP contribution in [0.4, 0.5) is 27.6 Å². The first-order valence-corrected chi connectivity index (χ1v) is 11.0. The number of nitrogens with zero attached hydrogens (tertiary/aromatic N) is 1. The molecule has 35 heavy (non-hydrogen) atoms. The molecule has 0 radical (unpaired) electrons. The summed E-state index contributed by atoms with van der Waals surface area (Å²) >= 11 is 6.60. The fourth-order valence-corrected chi connectivity index (χ4v) is 4.24. The van der Waals surface area contributed by atoms with E-state index < -0.39 is 28.4 Å². The SMILES string of the molecule is C/C(=C(\Nc1cccc(F)c1)C(F)(F)F)c1onc(C2=C(F)C=CCC2(C)Cl)c1-c1ccccc1. The van der Waals surface area contributed by atoms with Gasteiger partial charge in [-0.15, -0.1) is 11.6 Å². The third kappa shape index (κ3) is 5.03. The highest BCUT2D eigenvalue weighted by Crippen LogP contribution is 2.47. The molecule has 0 saturated carbocycles. The summed E-state index contributed by atoms with van der Waals surface area (Å²) in [6.45, 7) is 2.81. The highest BCUT2D eigenvalue weighted by Gasteiger charge is 2.40. The molecule has 0 saturated heterocycles. The van der Waals surface area contributed by atoms with Crippen molar-refractivity contribution in [3.63, 3.8) is 0 Å². The van der Waals surface area contributed by atoms with E-state index in [1.807, 2.05) is 0 Å². The lowest BCUT2D eigenvalue weighted by Gasteiger charge is -2.26. The van der Waals surface area contributed by atoms with E-state index in [9.17, 15) is 22.0 Å². The van der Waals surface area contributed by atoms with Crippen molar-refractivity contribution in [3.8, 4) is 11.1 Å². The molecule has 1 atom stereocenters. The zero-order chi connectivity index (χ0) is 25.4. The van der Waals surface area contributed by atoms with Gasteiger partial charge in [0, 0.05) is 16.8 Å². The van der Waals surface area contributed by atoms with E-state index in [0.717, 1.165) is 12.1 Å². The molecule has 0 bridgehead atoms. The molecular formula is C26H20ClF5N2O. The van der Waals surface area contributed by atoms with E-state index in [4.69, 9.17) is 16.1 Å². The molecule has 3 nitrogen and oxygen atoms in total. The normalized spacial score (nSPS) is 19.1. The summed E-state index contributed by atoms with van der Waals surface area (Å²) in [5.74, 6) is -1.57. The lowest BCUT2D eigenvalue weighted by Crippen LogP contribution is -2.22. The number of halogens is 6. The van der Waals surface area contributed by atoms with Crippen LogP contribution in [0, 0.1) is 5.82 Å². The third-order valence-corrected chi connectivity index (χ3v) is 5.95. The number of hydrogen-bond donors (Lipinski definition) is 1. The van der Waals surface area contributed by atoms with Crippen molar-refractivity contribution < 1.29 is 26.5 Å². The van der Waals surface area contributed by atoms with Crippen molar-refractivity contribution in [2.75, 3.05) is 5.32 Å². The number of nitrogens with one attached hydrogen (secondary N) is 1. The van der Waals surface area contributed by atoms with Crippen LogP contribution in [0.1, 0.15) is 31.7 Å². The highest BCUT2D eigenvalue weighted by molar-refractivity contribution is 6.30. The Labute approximate surface area is 203 Å². The number of aromatic nitrogens is 1. The van der Waals surface area contributed by atoms with E-state index >= 15 is 0 Å². The number of benzene rings is 2. The smallest absolute Gasteiger partial charge is 0.355 e. The maximum atomic E-state index is 15.0. The number of rotatable bonds is 5. The quantitative estimate of drug-likeness (QED) is 0.278. The van der Waals surface area contributed by atoms with Gasteiger partial charge in [0.05, 0.1) is 10.4 Å². The Morgan fingerprint density at radius 1 is 1.09 bits per heavy atom. The standard InChI is InChI=1S/C26H20ClF5N2O/c1-15(24(26(30,31)32)33-18-11-6-10-17(28)14-18)23-20(16-8-4-3-5-9-16)22(34-35-23)21-19(29)12-7-13-25(21,2)27/h3-12,14,33H,13H2,1-2H3/b24-15+. The second-order valence-electron chi connectivity index (χ2n) is 8.26. The predicted molar refractivity (Wildman–Crippen MR) is 127 cm³/mol. The predicted octanol–water partition coefficient (Wildman–Crippen LogP) is 8.52. The summed E-state index contributed by atoms with van der Waals surface area (Å²) in [6, 6.07) is 13.1. The maximum Gasteiger partial charge on any atom is 0.431 e. The lowest BCUT2D eigenvalue weighted by molar-refractivity contribution is -0.0898. The molecule has 1 unspecified atom stereocenters. The van der Waals surface area contributed by atoms with Crippen molar-refractivity contribution in [2.24, 2.45) is 0 Å². The van der Waals surface area contributed by atoms with Crippen LogP contribution in [0.5, 0.6) is 0 Å². The van der Waals surface area contributed by atoms with Gasteiger partial charge in [0.2, 0.25) is 0 Å². The second kappa shape index (κ2) is 9.34. The number of hydrogen-bond acceptors (Lipinski definition) is 3. The van der Waals surface area contributed by atoms with E-state index in [-0.39, 0.29) is 40.3 Å². The van der Waals surface area contributed by atoms with Gasteiger partial charge in [-0.3, -0.25) is 0 Å². The van der Waals surface area contributed by atoms with Crippen molar-refractivity contribution in [1.29, 1.82) is 0 Å². The molecule has 4 rings (SSSR count). The van der Waals surface area contributed by atoms with Gasteiger partial charge in [0.15, 0.2) is 5.76 Å². The summed E-state index contributed by atoms with van der Waals surface area (Å²) in [6.07, 6.45) is -1.74. The molecule has 1 aromatic heterocycles. The average Bonchev–Trinajstić information content (AvgIpc) is 3.20. The monoisotopic (exact) mass is 506 g/mol. The van der Waals surface area contributed by atoms with Crippen LogP contribution >= 0.6 is 11.6 Å². The van der Waals surface area contributed by atoms with Crippen LogP contribution in [0.25, 0.3) is 22.3 Å². The molecule has 1 aliphatic carbocycles. The van der Waals surface area contributed by atoms with Crippen molar-refractivity contribution in [3.05, 3.63) is 95.5 Å². The first kappa shape index (κ1) is 24.7. The molecule has 0 amide bonds.